The van der Waals surface area contributed by atoms with E-state index in [1.165, 1.54) is 71.6 Å². The highest BCUT2D eigenvalue weighted by molar-refractivity contribution is 6.68. The molecule has 0 unspecified atom stereocenters. The molecule has 12 nitrogen and oxygen atoms in total. The van der Waals surface area contributed by atoms with Gasteiger partial charge in [0.25, 0.3) is 5.24 Å². The summed E-state index contributed by atoms with van der Waals surface area (Å²) in [6.45, 7) is 6.84. The van der Waals surface area contributed by atoms with Crippen LogP contribution in [0.2, 0.25) is 0 Å². The Kier molecular flexibility index (Phi) is 26.3. The minimum absolute atomic E-state index is 0.0815. The smallest absolute Gasteiger partial charge is 0.347 e. The van der Waals surface area contributed by atoms with Gasteiger partial charge in [0.05, 0.1) is 19.8 Å². The second-order valence-electron chi connectivity index (χ2n) is 14.6. The quantitative estimate of drug-likeness (QED) is 0.0246. The SMILES string of the molecule is CC(=O)Oc1ccccc1C(=O)Cl.CCCCC/C=C/C(=O)CCc1ccc(O)c(OC)c1.CCCCC/C=C/C(=O)CCc1ccc(OC(=O)c2ccccc2OC(C)=O)c(OC)c1. The van der Waals surface area contributed by atoms with E-state index in [4.69, 9.17) is 35.3 Å². The Bertz CT molecular complexity index is 2230. The molecule has 0 saturated heterocycles. The Morgan fingerprint density at radius 2 is 1.02 bits per heavy atom. The number of unbranched alkanes of at least 4 members (excludes halogenated alkanes) is 6. The van der Waals surface area contributed by atoms with Crippen LogP contribution in [-0.2, 0) is 32.0 Å². The number of halogens is 1. The fraction of sp³-hybridized carbons (Fsp3) is 0.346. The molecule has 0 amide bonds. The number of para-hydroxylation sites is 2. The van der Waals surface area contributed by atoms with Crippen molar-refractivity contribution in [3.8, 4) is 34.5 Å². The summed E-state index contributed by atoms with van der Waals surface area (Å²) in [7, 11) is 3.00. The number of hydrogen-bond acceptors (Lipinski definition) is 12. The molecule has 0 heterocycles. The zero-order valence-corrected chi connectivity index (χ0v) is 38.9. The number of aryl methyl sites for hydroxylation is 2. The van der Waals surface area contributed by atoms with Crippen molar-refractivity contribution >= 4 is 46.3 Å². The van der Waals surface area contributed by atoms with Gasteiger partial charge in [0.1, 0.15) is 17.1 Å². The molecule has 0 aliphatic rings. The van der Waals surface area contributed by atoms with E-state index in [1.54, 1.807) is 66.7 Å². The standard InChI is InChI=1S/C26H30O6.C17H24O3.C9H7ClO3/c1-4-5-6-7-8-11-21(28)16-14-20-15-17-24(25(18-20)30-3)32-26(29)22-12-9-10-13-23(22)31-19(2)27;1-3-4-5-6-7-8-15(18)11-9-14-10-12-16(19)17(13-14)20-2;1-6(11)13-8-5-3-2-4-7(8)9(10)12/h8-13,15,17-18H,4-7,14,16H2,1-3H3;7-8,10,12-13,19H,3-6,9,11H2,1-2H3;2-5H,1H3/b11-8+;8-7+;. The van der Waals surface area contributed by atoms with Crippen molar-refractivity contribution in [2.24, 2.45) is 0 Å². The Morgan fingerprint density at radius 3 is 1.49 bits per heavy atom. The number of benzene rings is 4. The topological polar surface area (TPSA) is 169 Å². The van der Waals surface area contributed by atoms with Crippen LogP contribution >= 0.6 is 11.6 Å². The molecule has 0 aromatic heterocycles. The van der Waals surface area contributed by atoms with Crippen LogP contribution in [0.25, 0.3) is 0 Å². The predicted molar refractivity (Wildman–Crippen MR) is 252 cm³/mol. The van der Waals surface area contributed by atoms with Crippen LogP contribution in [0.1, 0.15) is 124 Å². The van der Waals surface area contributed by atoms with E-state index in [-0.39, 0.29) is 45.7 Å². The van der Waals surface area contributed by atoms with Crippen LogP contribution in [0, 0.1) is 0 Å². The third kappa shape index (κ3) is 22.1. The molecule has 4 aromatic carbocycles. The van der Waals surface area contributed by atoms with Crippen molar-refractivity contribution in [3.05, 3.63) is 131 Å². The number of phenols is 1. The average molecular weight is 914 g/mol. The number of ketones is 2. The normalized spacial score (nSPS) is 10.5. The van der Waals surface area contributed by atoms with Gasteiger partial charge in [-0.15, -0.1) is 0 Å². The Hall–Kier alpha value is -6.53. The van der Waals surface area contributed by atoms with E-state index in [2.05, 4.69) is 13.8 Å². The second-order valence-corrected chi connectivity index (χ2v) is 14.9. The largest absolute Gasteiger partial charge is 0.504 e. The van der Waals surface area contributed by atoms with Gasteiger partial charge in [-0.2, -0.15) is 0 Å². The van der Waals surface area contributed by atoms with Crippen molar-refractivity contribution in [3.63, 3.8) is 0 Å². The van der Waals surface area contributed by atoms with Gasteiger partial charge in [-0.3, -0.25) is 24.0 Å². The van der Waals surface area contributed by atoms with Gasteiger partial charge in [-0.1, -0.05) is 88.1 Å². The van der Waals surface area contributed by atoms with Crippen LogP contribution < -0.4 is 23.7 Å². The Balaban J connectivity index is 0.000000373. The molecule has 13 heteroatoms. The summed E-state index contributed by atoms with van der Waals surface area (Å²) in [6, 6.07) is 23.0. The van der Waals surface area contributed by atoms with E-state index in [1.807, 2.05) is 18.2 Å². The Morgan fingerprint density at radius 1 is 0.554 bits per heavy atom. The molecule has 0 atom stereocenters. The predicted octanol–water partition coefficient (Wildman–Crippen LogP) is 11.5. The molecule has 0 radical (unpaired) electrons. The minimum atomic E-state index is -0.670. The average Bonchev–Trinajstić information content (AvgIpc) is 3.28. The molecule has 0 aliphatic heterocycles. The van der Waals surface area contributed by atoms with Gasteiger partial charge >= 0.3 is 17.9 Å². The van der Waals surface area contributed by atoms with E-state index in [0.717, 1.165) is 43.2 Å². The van der Waals surface area contributed by atoms with Crippen LogP contribution in [0.4, 0.5) is 0 Å². The zero-order valence-electron chi connectivity index (χ0n) is 38.2. The number of esters is 3. The fourth-order valence-corrected chi connectivity index (χ4v) is 6.05. The molecule has 4 aromatic rings. The number of rotatable bonds is 23. The first-order valence-corrected chi connectivity index (χ1v) is 22.0. The molecule has 0 saturated carbocycles. The van der Waals surface area contributed by atoms with E-state index >= 15 is 0 Å². The lowest BCUT2D eigenvalue weighted by Crippen LogP contribution is -2.13. The molecule has 0 aliphatic carbocycles. The number of phenolic OH excluding ortho intramolecular Hbond substituents is 1. The molecule has 348 valence electrons. The van der Waals surface area contributed by atoms with Gasteiger partial charge in [-0.25, -0.2) is 4.79 Å². The highest BCUT2D eigenvalue weighted by Gasteiger charge is 2.18. The number of aromatic hydroxyl groups is 1. The van der Waals surface area contributed by atoms with Crippen LogP contribution in [0.3, 0.4) is 0 Å². The fourth-order valence-electron chi connectivity index (χ4n) is 5.89. The third-order valence-electron chi connectivity index (χ3n) is 9.26. The summed E-state index contributed by atoms with van der Waals surface area (Å²) in [5, 5.41) is 8.85. The number of hydrogen-bond donors (Lipinski definition) is 1. The van der Waals surface area contributed by atoms with Gasteiger partial charge in [-0.05, 0) is 122 Å². The maximum atomic E-state index is 12.6. The van der Waals surface area contributed by atoms with E-state index < -0.39 is 23.2 Å². The lowest BCUT2D eigenvalue weighted by Gasteiger charge is -2.12. The summed E-state index contributed by atoms with van der Waals surface area (Å²) in [6.07, 6.45) is 18.2. The van der Waals surface area contributed by atoms with Gasteiger partial charge < -0.3 is 28.8 Å². The van der Waals surface area contributed by atoms with Crippen molar-refractivity contribution in [2.45, 2.75) is 105 Å². The monoisotopic (exact) mass is 912 g/mol. The summed E-state index contributed by atoms with van der Waals surface area (Å²) in [5.41, 5.74) is 2.21. The first kappa shape index (κ1) is 54.6. The first-order chi connectivity index (χ1) is 31.2. The molecular weight excluding hydrogens is 852 g/mol. The van der Waals surface area contributed by atoms with Crippen molar-refractivity contribution in [1.82, 2.24) is 0 Å². The molecule has 0 spiro atoms. The molecule has 1 N–H and O–H groups in total. The number of carbonyl (C=O) groups is 6. The van der Waals surface area contributed by atoms with E-state index in [0.29, 0.717) is 37.2 Å². The van der Waals surface area contributed by atoms with E-state index in [9.17, 15) is 33.9 Å². The van der Waals surface area contributed by atoms with Crippen molar-refractivity contribution in [1.29, 1.82) is 0 Å². The van der Waals surface area contributed by atoms with Gasteiger partial charge in [0, 0.05) is 26.7 Å². The lowest BCUT2D eigenvalue weighted by molar-refractivity contribution is -0.132. The number of methoxy groups -OCH3 is 2. The molecule has 0 bridgehead atoms. The van der Waals surface area contributed by atoms with Crippen LogP contribution in [-0.4, -0.2) is 54.0 Å². The summed E-state index contributed by atoms with van der Waals surface area (Å²) in [4.78, 5) is 69.1. The maximum Gasteiger partial charge on any atom is 0.347 e. The maximum absolute atomic E-state index is 12.6. The van der Waals surface area contributed by atoms with Crippen molar-refractivity contribution in [2.75, 3.05) is 14.2 Å². The second kappa shape index (κ2) is 31.3. The number of allylic oxidation sites excluding steroid dienone is 4. The molecule has 0 fully saturated rings. The minimum Gasteiger partial charge on any atom is -0.504 e. The highest BCUT2D eigenvalue weighted by atomic mass is 35.5. The molecular formula is C52H61ClO12. The van der Waals surface area contributed by atoms with Gasteiger partial charge in [0.2, 0.25) is 0 Å². The van der Waals surface area contributed by atoms with Crippen LogP contribution in [0.15, 0.2) is 109 Å². The molecule has 65 heavy (non-hydrogen) atoms. The van der Waals surface area contributed by atoms with Crippen molar-refractivity contribution < 1.29 is 57.6 Å². The lowest BCUT2D eigenvalue weighted by atomic mass is 10.1. The van der Waals surface area contributed by atoms with Gasteiger partial charge in [0.15, 0.2) is 34.6 Å². The number of carbonyl (C=O) groups excluding carboxylic acids is 6. The summed E-state index contributed by atoms with van der Waals surface area (Å²) < 4.78 is 25.7. The number of ether oxygens (including phenoxy) is 5. The first-order valence-electron chi connectivity index (χ1n) is 21.6. The molecule has 4 rings (SSSR count). The third-order valence-corrected chi connectivity index (χ3v) is 9.47. The summed E-state index contributed by atoms with van der Waals surface area (Å²) in [5.74, 6) is 0.0514. The van der Waals surface area contributed by atoms with Crippen LogP contribution in [0.5, 0.6) is 34.5 Å². The zero-order chi connectivity index (χ0) is 48.0. The summed E-state index contributed by atoms with van der Waals surface area (Å²) >= 11 is 5.26. The highest BCUT2D eigenvalue weighted by Crippen LogP contribution is 2.31. The Labute approximate surface area is 387 Å².